The minimum atomic E-state index is 0.977. The Balaban J connectivity index is 1.54. The third kappa shape index (κ3) is 4.14. The highest BCUT2D eigenvalue weighted by molar-refractivity contribution is 7.99. The first-order chi connectivity index (χ1) is 8.36. The van der Waals surface area contributed by atoms with Crippen LogP contribution in [0, 0.1) is 0 Å². The molecule has 1 N–H and O–H groups in total. The van der Waals surface area contributed by atoms with E-state index in [0.717, 1.165) is 30.4 Å². The van der Waals surface area contributed by atoms with Crippen LogP contribution in [0.5, 0.6) is 0 Å². The monoisotopic (exact) mass is 268 g/mol. The molecule has 2 aromatic heterocycles. The first-order valence-corrected chi connectivity index (χ1v) is 7.42. The van der Waals surface area contributed by atoms with Crippen molar-refractivity contribution in [1.29, 1.82) is 0 Å². The lowest BCUT2D eigenvalue weighted by molar-refractivity contribution is 0.682. The van der Waals surface area contributed by atoms with Gasteiger partial charge in [-0.15, -0.1) is 11.3 Å². The molecule has 0 bridgehead atoms. The fourth-order valence-corrected chi connectivity index (χ4v) is 2.92. The van der Waals surface area contributed by atoms with E-state index >= 15 is 0 Å². The van der Waals surface area contributed by atoms with Gasteiger partial charge in [0.1, 0.15) is 6.33 Å². The first kappa shape index (κ1) is 12.6. The molecular weight excluding hydrogens is 252 g/mol. The van der Waals surface area contributed by atoms with Gasteiger partial charge in [0.05, 0.1) is 0 Å². The van der Waals surface area contributed by atoms with Crippen molar-refractivity contribution in [1.82, 2.24) is 20.1 Å². The van der Waals surface area contributed by atoms with Crippen molar-refractivity contribution >= 4 is 23.1 Å². The van der Waals surface area contributed by atoms with Gasteiger partial charge in [-0.05, 0) is 24.4 Å². The molecule has 17 heavy (non-hydrogen) atoms. The largest absolute Gasteiger partial charge is 0.316 e. The maximum Gasteiger partial charge on any atom is 0.185 e. The van der Waals surface area contributed by atoms with Gasteiger partial charge in [-0.3, -0.25) is 0 Å². The summed E-state index contributed by atoms with van der Waals surface area (Å²) in [5.41, 5.74) is 0. The van der Waals surface area contributed by atoms with E-state index in [1.807, 2.05) is 18.4 Å². The maximum atomic E-state index is 4.16. The van der Waals surface area contributed by atoms with Crippen molar-refractivity contribution in [3.05, 3.63) is 28.7 Å². The molecule has 0 aliphatic rings. The predicted molar refractivity (Wildman–Crippen MR) is 72.6 cm³/mol. The topological polar surface area (TPSA) is 42.7 Å². The molecule has 6 heteroatoms. The van der Waals surface area contributed by atoms with Crippen LogP contribution in [0.25, 0.3) is 0 Å². The lowest BCUT2D eigenvalue weighted by Gasteiger charge is -2.03. The molecule has 0 aliphatic carbocycles. The van der Waals surface area contributed by atoms with Crippen LogP contribution in [0.1, 0.15) is 4.88 Å². The summed E-state index contributed by atoms with van der Waals surface area (Å²) in [6, 6.07) is 4.28. The van der Waals surface area contributed by atoms with E-state index in [0.29, 0.717) is 0 Å². The van der Waals surface area contributed by atoms with Crippen molar-refractivity contribution < 1.29 is 0 Å². The number of aromatic nitrogens is 3. The van der Waals surface area contributed by atoms with Crippen LogP contribution in [0.3, 0.4) is 0 Å². The van der Waals surface area contributed by atoms with Gasteiger partial charge in [0.25, 0.3) is 0 Å². The number of rotatable bonds is 7. The number of hydrogen-bond acceptors (Lipinski definition) is 5. The summed E-state index contributed by atoms with van der Waals surface area (Å²) < 4.78 is 1.80. The molecule has 92 valence electrons. The second-order valence-electron chi connectivity index (χ2n) is 3.59. The van der Waals surface area contributed by atoms with E-state index in [9.17, 15) is 0 Å². The van der Waals surface area contributed by atoms with Gasteiger partial charge in [0, 0.05) is 24.2 Å². The van der Waals surface area contributed by atoms with E-state index in [-0.39, 0.29) is 0 Å². The SMILES string of the molecule is Cn1ncnc1SCCNCCc1cccs1. The van der Waals surface area contributed by atoms with Crippen LogP contribution in [-0.2, 0) is 13.5 Å². The van der Waals surface area contributed by atoms with Crippen LogP contribution >= 0.6 is 23.1 Å². The Morgan fingerprint density at radius 1 is 1.47 bits per heavy atom. The quantitative estimate of drug-likeness (QED) is 0.614. The molecule has 0 saturated heterocycles. The van der Waals surface area contributed by atoms with Crippen molar-refractivity contribution in [2.24, 2.45) is 7.05 Å². The van der Waals surface area contributed by atoms with Gasteiger partial charge in [-0.2, -0.15) is 5.10 Å². The second kappa shape index (κ2) is 6.78. The Hall–Kier alpha value is -0.850. The lowest BCUT2D eigenvalue weighted by atomic mass is 10.3. The van der Waals surface area contributed by atoms with Gasteiger partial charge >= 0.3 is 0 Å². The van der Waals surface area contributed by atoms with Crippen molar-refractivity contribution in [3.8, 4) is 0 Å². The lowest BCUT2D eigenvalue weighted by Crippen LogP contribution is -2.19. The highest BCUT2D eigenvalue weighted by Crippen LogP contribution is 2.11. The van der Waals surface area contributed by atoms with Crippen LogP contribution < -0.4 is 5.32 Å². The highest BCUT2D eigenvalue weighted by Gasteiger charge is 2.00. The zero-order valence-corrected chi connectivity index (χ0v) is 11.4. The fourth-order valence-electron chi connectivity index (χ4n) is 1.42. The molecular formula is C11H16N4S2. The third-order valence-corrected chi connectivity index (χ3v) is 4.28. The average Bonchev–Trinajstić information content (AvgIpc) is 2.95. The molecule has 0 fully saturated rings. The summed E-state index contributed by atoms with van der Waals surface area (Å²) in [5, 5.41) is 10.6. The number of nitrogens with one attached hydrogen (secondary N) is 1. The molecule has 0 saturated carbocycles. The number of aryl methyl sites for hydroxylation is 1. The van der Waals surface area contributed by atoms with Gasteiger partial charge in [-0.1, -0.05) is 17.8 Å². The Kier molecular flexibility index (Phi) is 5.03. The van der Waals surface area contributed by atoms with E-state index in [2.05, 4.69) is 32.9 Å². The molecule has 4 nitrogen and oxygen atoms in total. The highest BCUT2D eigenvalue weighted by atomic mass is 32.2. The molecule has 0 atom stereocenters. The summed E-state index contributed by atoms with van der Waals surface area (Å²) in [5.74, 6) is 1.02. The zero-order valence-electron chi connectivity index (χ0n) is 9.80. The summed E-state index contributed by atoms with van der Waals surface area (Å²) in [6.45, 7) is 2.04. The zero-order chi connectivity index (χ0) is 11.9. The normalized spacial score (nSPS) is 10.9. The minimum absolute atomic E-state index is 0.977. The standard InChI is InChI=1S/C11H16N4S2/c1-15-11(13-9-14-15)17-8-6-12-5-4-10-3-2-7-16-10/h2-3,7,9,12H,4-6,8H2,1H3. The first-order valence-electron chi connectivity index (χ1n) is 5.56. The third-order valence-electron chi connectivity index (χ3n) is 2.31. The Morgan fingerprint density at radius 2 is 2.41 bits per heavy atom. The van der Waals surface area contributed by atoms with E-state index in [1.165, 1.54) is 4.88 Å². The molecule has 2 aromatic rings. The average molecular weight is 268 g/mol. The summed E-state index contributed by atoms with van der Waals surface area (Å²) >= 11 is 3.55. The van der Waals surface area contributed by atoms with Crippen molar-refractivity contribution in [2.75, 3.05) is 18.8 Å². The molecule has 0 radical (unpaired) electrons. The molecule has 0 aromatic carbocycles. The summed E-state index contributed by atoms with van der Waals surface area (Å²) in [7, 11) is 1.92. The minimum Gasteiger partial charge on any atom is -0.316 e. The van der Waals surface area contributed by atoms with Gasteiger partial charge in [-0.25, -0.2) is 9.67 Å². The molecule has 0 amide bonds. The van der Waals surface area contributed by atoms with E-state index in [1.54, 1.807) is 22.8 Å². The summed E-state index contributed by atoms with van der Waals surface area (Å²) in [6.07, 6.45) is 2.71. The van der Waals surface area contributed by atoms with Crippen molar-refractivity contribution in [3.63, 3.8) is 0 Å². The molecule has 0 aliphatic heterocycles. The Labute approximate surface area is 109 Å². The van der Waals surface area contributed by atoms with Gasteiger partial charge < -0.3 is 5.32 Å². The molecule has 2 heterocycles. The van der Waals surface area contributed by atoms with Gasteiger partial charge in [0.15, 0.2) is 5.16 Å². The number of nitrogens with zero attached hydrogens (tertiary/aromatic N) is 3. The maximum absolute atomic E-state index is 4.16. The Bertz CT molecular complexity index is 424. The van der Waals surface area contributed by atoms with Crippen LogP contribution in [0.4, 0.5) is 0 Å². The van der Waals surface area contributed by atoms with E-state index < -0.39 is 0 Å². The number of hydrogen-bond donors (Lipinski definition) is 1. The molecule has 0 unspecified atom stereocenters. The smallest absolute Gasteiger partial charge is 0.185 e. The summed E-state index contributed by atoms with van der Waals surface area (Å²) in [4.78, 5) is 5.61. The van der Waals surface area contributed by atoms with Crippen molar-refractivity contribution in [2.45, 2.75) is 11.6 Å². The van der Waals surface area contributed by atoms with Crippen LogP contribution in [-0.4, -0.2) is 33.6 Å². The Morgan fingerprint density at radius 3 is 3.12 bits per heavy atom. The number of thioether (sulfide) groups is 1. The fraction of sp³-hybridized carbons (Fsp3) is 0.455. The number of thiophene rings is 1. The van der Waals surface area contributed by atoms with Crippen LogP contribution in [0.2, 0.25) is 0 Å². The molecule has 0 spiro atoms. The second-order valence-corrected chi connectivity index (χ2v) is 5.69. The molecule has 2 rings (SSSR count). The van der Waals surface area contributed by atoms with E-state index in [4.69, 9.17) is 0 Å². The van der Waals surface area contributed by atoms with Crippen LogP contribution in [0.15, 0.2) is 29.0 Å². The predicted octanol–water partition coefficient (Wildman–Crippen LogP) is 1.80. The van der Waals surface area contributed by atoms with Gasteiger partial charge in [0.2, 0.25) is 0 Å².